The second-order valence-corrected chi connectivity index (χ2v) is 3.86. The quantitative estimate of drug-likeness (QED) is 0.530. The van der Waals surface area contributed by atoms with E-state index in [4.69, 9.17) is 10.2 Å². The average Bonchev–Trinajstić information content (AvgIpc) is 1.84. The summed E-state index contributed by atoms with van der Waals surface area (Å²) in [5, 5.41) is 14.3. The van der Waals surface area contributed by atoms with E-state index in [1.54, 1.807) is 0 Å². The standard InChI is InChI=1S/C5H6O4S2/c1-2-3(10-4(6)7)11-5(8)9/h2-3H,1H2,(H,6,7)(H,8,9). The molecule has 0 bridgehead atoms. The summed E-state index contributed by atoms with van der Waals surface area (Å²) in [4.78, 5) is 20.1. The van der Waals surface area contributed by atoms with Gasteiger partial charge in [0.2, 0.25) is 0 Å². The average molecular weight is 194 g/mol. The number of hydrogen-bond donors (Lipinski definition) is 2. The molecular formula is C5H6O4S2. The van der Waals surface area contributed by atoms with Crippen molar-refractivity contribution in [3.63, 3.8) is 0 Å². The minimum atomic E-state index is -1.11. The molecule has 0 aromatic rings. The van der Waals surface area contributed by atoms with Crippen molar-refractivity contribution in [3.05, 3.63) is 12.7 Å². The Morgan fingerprint density at radius 2 is 1.64 bits per heavy atom. The van der Waals surface area contributed by atoms with E-state index in [-0.39, 0.29) is 0 Å². The summed E-state index contributed by atoms with van der Waals surface area (Å²) in [6.45, 7) is 3.30. The molecule has 0 aliphatic carbocycles. The molecule has 6 heteroatoms. The van der Waals surface area contributed by atoms with Crippen LogP contribution in [-0.2, 0) is 0 Å². The number of hydrogen-bond acceptors (Lipinski definition) is 4. The fourth-order valence-electron chi connectivity index (χ4n) is 0.319. The van der Waals surface area contributed by atoms with Crippen molar-refractivity contribution in [1.29, 1.82) is 0 Å². The topological polar surface area (TPSA) is 74.6 Å². The van der Waals surface area contributed by atoms with E-state index in [1.165, 1.54) is 6.08 Å². The molecule has 0 aliphatic heterocycles. The van der Waals surface area contributed by atoms with Crippen molar-refractivity contribution in [1.82, 2.24) is 0 Å². The van der Waals surface area contributed by atoms with E-state index in [0.717, 1.165) is 0 Å². The van der Waals surface area contributed by atoms with Crippen LogP contribution in [0.3, 0.4) is 0 Å². The van der Waals surface area contributed by atoms with Gasteiger partial charge in [-0.05, 0) is 23.5 Å². The zero-order valence-corrected chi connectivity index (χ0v) is 7.02. The van der Waals surface area contributed by atoms with E-state index < -0.39 is 15.2 Å². The van der Waals surface area contributed by atoms with Gasteiger partial charge in [0.1, 0.15) is 0 Å². The third-order valence-corrected chi connectivity index (χ3v) is 2.46. The summed E-state index contributed by atoms with van der Waals surface area (Å²) >= 11 is 1.02. The first kappa shape index (κ1) is 10.4. The van der Waals surface area contributed by atoms with Gasteiger partial charge in [0.15, 0.2) is 0 Å². The zero-order chi connectivity index (χ0) is 8.85. The van der Waals surface area contributed by atoms with Crippen LogP contribution in [0, 0.1) is 0 Å². The molecule has 0 heterocycles. The third kappa shape index (κ3) is 5.81. The number of rotatable bonds is 3. The van der Waals surface area contributed by atoms with E-state index in [0.29, 0.717) is 23.5 Å². The SMILES string of the molecule is C=CC(SC(=O)O)SC(=O)O. The zero-order valence-electron chi connectivity index (χ0n) is 5.39. The monoisotopic (exact) mass is 194 g/mol. The Balaban J connectivity index is 3.85. The van der Waals surface area contributed by atoms with Gasteiger partial charge >= 0.3 is 10.6 Å². The molecule has 11 heavy (non-hydrogen) atoms. The highest BCUT2D eigenvalue weighted by Crippen LogP contribution is 2.25. The highest BCUT2D eigenvalue weighted by molar-refractivity contribution is 8.29. The molecule has 62 valence electrons. The molecule has 0 atom stereocenters. The Hall–Kier alpha value is -0.620. The van der Waals surface area contributed by atoms with Crippen molar-refractivity contribution in [3.8, 4) is 0 Å². The summed E-state index contributed by atoms with van der Waals surface area (Å²) in [7, 11) is 0. The Morgan fingerprint density at radius 3 is 1.82 bits per heavy atom. The van der Waals surface area contributed by atoms with Gasteiger partial charge < -0.3 is 10.2 Å². The molecule has 0 aromatic heterocycles. The van der Waals surface area contributed by atoms with Crippen molar-refractivity contribution < 1.29 is 19.8 Å². The van der Waals surface area contributed by atoms with Crippen LogP contribution < -0.4 is 0 Å². The Morgan fingerprint density at radius 1 is 1.27 bits per heavy atom. The van der Waals surface area contributed by atoms with Gasteiger partial charge in [-0.25, -0.2) is 9.59 Å². The first-order valence-electron chi connectivity index (χ1n) is 2.48. The minimum Gasteiger partial charge on any atom is -0.473 e. The molecule has 0 amide bonds. The van der Waals surface area contributed by atoms with Crippen LogP contribution in [0.25, 0.3) is 0 Å². The second kappa shape index (κ2) is 5.09. The number of carboxylic acid groups (broad SMARTS) is 2. The van der Waals surface area contributed by atoms with Gasteiger partial charge in [-0.1, -0.05) is 6.08 Å². The van der Waals surface area contributed by atoms with E-state index in [1.807, 2.05) is 0 Å². The van der Waals surface area contributed by atoms with E-state index in [9.17, 15) is 9.59 Å². The van der Waals surface area contributed by atoms with E-state index in [2.05, 4.69) is 6.58 Å². The molecule has 2 N–H and O–H groups in total. The van der Waals surface area contributed by atoms with Gasteiger partial charge in [-0.2, -0.15) is 0 Å². The summed E-state index contributed by atoms with van der Waals surface area (Å²) in [6.07, 6.45) is 1.28. The van der Waals surface area contributed by atoms with Gasteiger partial charge in [0.05, 0.1) is 4.58 Å². The lowest BCUT2D eigenvalue weighted by atomic mass is 10.8. The van der Waals surface area contributed by atoms with Crippen molar-refractivity contribution in [2.75, 3.05) is 0 Å². The second-order valence-electron chi connectivity index (χ2n) is 1.37. The highest BCUT2D eigenvalue weighted by atomic mass is 32.2. The number of thioether (sulfide) groups is 2. The minimum absolute atomic E-state index is 0.509. The lowest BCUT2D eigenvalue weighted by molar-refractivity contribution is 0.221. The lowest BCUT2D eigenvalue weighted by Gasteiger charge is -2.02. The predicted octanol–water partition coefficient (Wildman–Crippen LogP) is 2.32. The maximum atomic E-state index is 10.1. The van der Waals surface area contributed by atoms with Crippen LogP contribution in [-0.4, -0.2) is 25.4 Å². The molecule has 4 nitrogen and oxygen atoms in total. The van der Waals surface area contributed by atoms with Crippen LogP contribution in [0.15, 0.2) is 12.7 Å². The van der Waals surface area contributed by atoms with Gasteiger partial charge in [0.25, 0.3) is 0 Å². The summed E-state index contributed by atoms with van der Waals surface area (Å²) < 4.78 is -0.634. The van der Waals surface area contributed by atoms with E-state index >= 15 is 0 Å². The van der Waals surface area contributed by atoms with Crippen LogP contribution in [0.5, 0.6) is 0 Å². The Kier molecular flexibility index (Phi) is 4.80. The van der Waals surface area contributed by atoms with Gasteiger partial charge in [-0.3, -0.25) is 0 Å². The first-order chi connectivity index (χ1) is 5.06. The predicted molar refractivity (Wildman–Crippen MR) is 45.2 cm³/mol. The maximum Gasteiger partial charge on any atom is 0.366 e. The fraction of sp³-hybridized carbons (Fsp3) is 0.200. The summed E-state index contributed by atoms with van der Waals surface area (Å²) in [5.41, 5.74) is 0. The van der Waals surface area contributed by atoms with Gasteiger partial charge in [-0.15, -0.1) is 6.58 Å². The van der Waals surface area contributed by atoms with Crippen molar-refractivity contribution >= 4 is 34.1 Å². The molecule has 0 saturated carbocycles. The molecule has 0 saturated heterocycles. The molecule has 0 spiro atoms. The van der Waals surface area contributed by atoms with Crippen LogP contribution >= 0.6 is 23.5 Å². The molecular weight excluding hydrogens is 188 g/mol. The molecule has 0 aliphatic rings. The first-order valence-corrected chi connectivity index (χ1v) is 4.24. The largest absolute Gasteiger partial charge is 0.473 e. The highest BCUT2D eigenvalue weighted by Gasteiger charge is 2.14. The fourth-order valence-corrected chi connectivity index (χ4v) is 1.60. The smallest absolute Gasteiger partial charge is 0.366 e. The summed E-state index contributed by atoms with van der Waals surface area (Å²) in [5.74, 6) is 0. The van der Waals surface area contributed by atoms with Crippen LogP contribution in [0.2, 0.25) is 0 Å². The van der Waals surface area contributed by atoms with Crippen molar-refractivity contribution in [2.45, 2.75) is 4.58 Å². The molecule has 0 fully saturated rings. The Labute approximate surface area is 71.7 Å². The molecule has 0 radical (unpaired) electrons. The van der Waals surface area contributed by atoms with Crippen molar-refractivity contribution in [2.24, 2.45) is 0 Å². The number of carbonyl (C=O) groups is 2. The lowest BCUT2D eigenvalue weighted by Crippen LogP contribution is -2.00. The van der Waals surface area contributed by atoms with Crippen LogP contribution in [0.1, 0.15) is 0 Å². The molecule has 0 unspecified atom stereocenters. The normalized spacial score (nSPS) is 9.55. The maximum absolute atomic E-state index is 10.1. The molecule has 0 aromatic carbocycles. The molecule has 0 rings (SSSR count). The Bertz CT molecular complexity index is 163. The van der Waals surface area contributed by atoms with Gasteiger partial charge in [0, 0.05) is 0 Å². The third-order valence-electron chi connectivity index (χ3n) is 0.626. The summed E-state index contributed by atoms with van der Waals surface area (Å²) in [6, 6.07) is 0. The van der Waals surface area contributed by atoms with Crippen LogP contribution in [0.4, 0.5) is 9.59 Å².